The van der Waals surface area contributed by atoms with E-state index in [0.717, 1.165) is 0 Å². The summed E-state index contributed by atoms with van der Waals surface area (Å²) in [5, 5.41) is 7.67. The second-order valence-electron chi connectivity index (χ2n) is 7.18. The number of rotatable bonds is 5. The molecule has 5 rings (SSSR count). The minimum Gasteiger partial charge on any atom is -0.450 e. The van der Waals surface area contributed by atoms with Gasteiger partial charge in [-0.25, -0.2) is 4.39 Å². The van der Waals surface area contributed by atoms with Gasteiger partial charge in [-0.1, -0.05) is 28.9 Å². The average Bonchev–Trinajstić information content (AvgIpc) is 3.46. The number of fused-ring (bicyclic) bond motifs is 1. The molecule has 1 amide bonds. The zero-order valence-electron chi connectivity index (χ0n) is 16.8. The van der Waals surface area contributed by atoms with Crippen LogP contribution in [0.1, 0.15) is 26.6 Å². The van der Waals surface area contributed by atoms with Crippen LogP contribution < -0.4 is 5.32 Å². The number of hydrogen-bond acceptors (Lipinski definition) is 5. The van der Waals surface area contributed by atoms with Crippen LogP contribution in [0.3, 0.4) is 0 Å². The first-order chi connectivity index (χ1) is 16.0. The van der Waals surface area contributed by atoms with E-state index in [1.165, 1.54) is 30.3 Å². The number of anilines is 1. The Morgan fingerprint density at radius 3 is 2.42 bits per heavy atom. The number of amides is 1. The van der Waals surface area contributed by atoms with Crippen molar-refractivity contribution in [3.63, 3.8) is 0 Å². The van der Waals surface area contributed by atoms with Gasteiger partial charge in [-0.2, -0.15) is 0 Å². The van der Waals surface area contributed by atoms with E-state index in [4.69, 9.17) is 20.5 Å². The molecule has 8 heteroatoms. The van der Waals surface area contributed by atoms with Crippen molar-refractivity contribution in [1.82, 2.24) is 5.16 Å². The van der Waals surface area contributed by atoms with Crippen molar-refractivity contribution in [3.8, 4) is 11.3 Å². The summed E-state index contributed by atoms with van der Waals surface area (Å²) in [6.45, 7) is 0. The Labute approximate surface area is 191 Å². The van der Waals surface area contributed by atoms with Gasteiger partial charge >= 0.3 is 0 Å². The van der Waals surface area contributed by atoms with Crippen LogP contribution in [0.2, 0.25) is 5.02 Å². The van der Waals surface area contributed by atoms with Gasteiger partial charge in [0.2, 0.25) is 5.78 Å². The summed E-state index contributed by atoms with van der Waals surface area (Å²) in [6, 6.07) is 20.4. The third-order valence-corrected chi connectivity index (χ3v) is 5.27. The van der Waals surface area contributed by atoms with Crippen LogP contribution in [-0.4, -0.2) is 16.8 Å². The van der Waals surface area contributed by atoms with E-state index in [9.17, 15) is 14.0 Å². The van der Waals surface area contributed by atoms with Crippen molar-refractivity contribution in [2.45, 2.75) is 0 Å². The molecule has 0 aliphatic heterocycles. The van der Waals surface area contributed by atoms with Crippen LogP contribution >= 0.6 is 11.6 Å². The first-order valence-corrected chi connectivity index (χ1v) is 10.2. The Kier molecular flexibility index (Phi) is 5.24. The third kappa shape index (κ3) is 4.02. The molecule has 0 saturated carbocycles. The summed E-state index contributed by atoms with van der Waals surface area (Å²) in [7, 11) is 0. The smallest absolute Gasteiger partial charge is 0.277 e. The maximum absolute atomic E-state index is 13.3. The van der Waals surface area contributed by atoms with Crippen molar-refractivity contribution < 1.29 is 22.9 Å². The number of hydrogen-bond donors (Lipinski definition) is 1. The largest absolute Gasteiger partial charge is 0.450 e. The number of halogens is 2. The zero-order chi connectivity index (χ0) is 22.9. The molecule has 2 heterocycles. The fraction of sp³-hybridized carbons (Fsp3) is 0. The second-order valence-corrected chi connectivity index (χ2v) is 7.61. The van der Waals surface area contributed by atoms with Gasteiger partial charge in [-0.3, -0.25) is 9.59 Å². The van der Waals surface area contributed by atoms with E-state index < -0.39 is 17.5 Å². The molecular formula is C25H14ClFN2O4. The predicted molar refractivity (Wildman–Crippen MR) is 121 cm³/mol. The highest BCUT2D eigenvalue weighted by Gasteiger charge is 2.25. The molecule has 6 nitrogen and oxygen atoms in total. The molecule has 3 aromatic carbocycles. The van der Waals surface area contributed by atoms with Crippen LogP contribution in [-0.2, 0) is 0 Å². The lowest BCUT2D eigenvalue weighted by Crippen LogP contribution is -2.14. The molecule has 5 aromatic rings. The van der Waals surface area contributed by atoms with E-state index in [0.29, 0.717) is 27.3 Å². The predicted octanol–water partition coefficient (Wildman–Crippen LogP) is 6.36. The number of carbonyl (C=O) groups excluding carboxylic acids is 2. The number of aromatic nitrogens is 1. The Morgan fingerprint density at radius 2 is 1.67 bits per heavy atom. The van der Waals surface area contributed by atoms with Gasteiger partial charge in [0, 0.05) is 27.6 Å². The SMILES string of the molecule is O=C(Nc1c(C(=O)c2ccc(F)cc2)oc2ccccc12)c1cc(-c2ccc(Cl)cc2)on1. The van der Waals surface area contributed by atoms with Crippen LogP contribution in [0.4, 0.5) is 10.1 Å². The summed E-state index contributed by atoms with van der Waals surface area (Å²) >= 11 is 5.91. The molecule has 0 aliphatic rings. The van der Waals surface area contributed by atoms with Gasteiger partial charge in [0.25, 0.3) is 5.91 Å². The van der Waals surface area contributed by atoms with Crippen LogP contribution in [0.15, 0.2) is 87.8 Å². The maximum atomic E-state index is 13.3. The molecule has 0 radical (unpaired) electrons. The van der Waals surface area contributed by atoms with E-state index in [1.54, 1.807) is 48.5 Å². The summed E-state index contributed by atoms with van der Waals surface area (Å²) in [4.78, 5) is 26.0. The van der Waals surface area contributed by atoms with Crippen LogP contribution in [0.25, 0.3) is 22.3 Å². The molecule has 2 aromatic heterocycles. The fourth-order valence-corrected chi connectivity index (χ4v) is 3.50. The molecule has 0 aliphatic carbocycles. The number of nitrogens with zero attached hydrogens (tertiary/aromatic N) is 1. The minimum atomic E-state index is -0.585. The number of nitrogens with one attached hydrogen (secondary N) is 1. The monoisotopic (exact) mass is 460 g/mol. The highest BCUT2D eigenvalue weighted by molar-refractivity contribution is 6.30. The van der Waals surface area contributed by atoms with E-state index in [2.05, 4.69) is 10.5 Å². The highest BCUT2D eigenvalue weighted by atomic mass is 35.5. The van der Waals surface area contributed by atoms with Gasteiger partial charge in [0.05, 0.1) is 5.69 Å². The van der Waals surface area contributed by atoms with E-state index in [-0.39, 0.29) is 22.7 Å². The number of carbonyl (C=O) groups is 2. The second kappa shape index (κ2) is 8.37. The number of para-hydroxylation sites is 1. The molecule has 0 fully saturated rings. The van der Waals surface area contributed by atoms with Crippen LogP contribution in [0, 0.1) is 5.82 Å². The van der Waals surface area contributed by atoms with Crippen molar-refractivity contribution in [2.24, 2.45) is 0 Å². The van der Waals surface area contributed by atoms with Crippen LogP contribution in [0.5, 0.6) is 0 Å². The number of furan rings is 1. The molecule has 0 spiro atoms. The first kappa shape index (κ1) is 20.7. The third-order valence-electron chi connectivity index (χ3n) is 5.02. The lowest BCUT2D eigenvalue weighted by molar-refractivity contribution is 0.101. The number of benzene rings is 3. The highest BCUT2D eigenvalue weighted by Crippen LogP contribution is 2.33. The number of ketones is 1. The molecule has 0 atom stereocenters. The Bertz CT molecular complexity index is 1490. The van der Waals surface area contributed by atoms with Crippen molar-refractivity contribution >= 4 is 39.9 Å². The lowest BCUT2D eigenvalue weighted by Gasteiger charge is -2.04. The van der Waals surface area contributed by atoms with Gasteiger partial charge in [0.15, 0.2) is 17.2 Å². The minimum absolute atomic E-state index is 0.0189. The Hall–Kier alpha value is -4.23. The zero-order valence-corrected chi connectivity index (χ0v) is 17.6. The summed E-state index contributed by atoms with van der Waals surface area (Å²) in [6.07, 6.45) is 0. The summed E-state index contributed by atoms with van der Waals surface area (Å²) in [5.74, 6) is -1.23. The van der Waals surface area contributed by atoms with Crippen molar-refractivity contribution in [2.75, 3.05) is 5.32 Å². The quantitative estimate of drug-likeness (QED) is 0.308. The molecule has 162 valence electrons. The molecule has 0 unspecified atom stereocenters. The van der Waals surface area contributed by atoms with Crippen molar-refractivity contribution in [3.05, 3.63) is 107 Å². The lowest BCUT2D eigenvalue weighted by atomic mass is 10.1. The first-order valence-electron chi connectivity index (χ1n) is 9.85. The van der Waals surface area contributed by atoms with Crippen molar-refractivity contribution in [1.29, 1.82) is 0 Å². The van der Waals surface area contributed by atoms with Gasteiger partial charge in [0.1, 0.15) is 11.4 Å². The molecule has 33 heavy (non-hydrogen) atoms. The Balaban J connectivity index is 1.49. The molecule has 0 saturated heterocycles. The topological polar surface area (TPSA) is 85.3 Å². The van der Waals surface area contributed by atoms with E-state index in [1.807, 2.05) is 0 Å². The normalized spacial score (nSPS) is 11.0. The van der Waals surface area contributed by atoms with E-state index >= 15 is 0 Å². The van der Waals surface area contributed by atoms with Gasteiger partial charge in [-0.05, 0) is 60.7 Å². The maximum Gasteiger partial charge on any atom is 0.277 e. The summed E-state index contributed by atoms with van der Waals surface area (Å²) < 4.78 is 24.3. The van der Waals surface area contributed by atoms with Gasteiger partial charge in [-0.15, -0.1) is 0 Å². The molecular weight excluding hydrogens is 447 g/mol. The Morgan fingerprint density at radius 1 is 0.939 bits per heavy atom. The standard InChI is InChI=1S/C25H14ClFN2O4/c26-16-9-5-14(6-10-16)21-13-19(29-33-21)25(31)28-22-18-3-1-2-4-20(18)32-24(22)23(30)15-7-11-17(27)12-8-15/h1-13H,(H,28,31). The average molecular weight is 461 g/mol. The fourth-order valence-electron chi connectivity index (χ4n) is 3.37. The molecule has 0 bridgehead atoms. The van der Waals surface area contributed by atoms with Gasteiger partial charge < -0.3 is 14.3 Å². The molecule has 1 N–H and O–H groups in total. The summed E-state index contributed by atoms with van der Waals surface area (Å²) in [5.41, 5.74) is 1.55.